The van der Waals surface area contributed by atoms with Crippen molar-refractivity contribution in [3.8, 4) is 0 Å². The molecule has 0 spiro atoms. The number of H-pyrrole nitrogens is 1. The quantitative estimate of drug-likeness (QED) is 0.707. The first-order chi connectivity index (χ1) is 10.2. The fourth-order valence-electron chi connectivity index (χ4n) is 1.97. The molecule has 1 heterocycles. The van der Waals surface area contributed by atoms with Crippen LogP contribution in [0.1, 0.15) is 56.5 Å². The number of hydrogen-bond donors (Lipinski definition) is 3. The third-order valence-corrected chi connectivity index (χ3v) is 3.06. The minimum Gasteiger partial charge on any atom is -0.444 e. The van der Waals surface area contributed by atoms with E-state index < -0.39 is 11.7 Å². The molecule has 0 radical (unpaired) electrons. The molecule has 0 aliphatic heterocycles. The van der Waals surface area contributed by atoms with Crippen molar-refractivity contribution in [2.75, 3.05) is 6.54 Å². The lowest BCUT2D eigenvalue weighted by Crippen LogP contribution is -2.35. The standard InChI is InChI=1S/C16H27N3O3/c1-11-9-17-10-13(11)14(20)19-12(2)7-6-8-18-15(21)22-16(3,4)5/h9-10,12,17H,6-8H2,1-5H3,(H,18,21)(H,19,20)/t12-/m1/s1. The van der Waals surface area contributed by atoms with Crippen LogP contribution >= 0.6 is 0 Å². The van der Waals surface area contributed by atoms with Gasteiger partial charge in [0.2, 0.25) is 0 Å². The molecular formula is C16H27N3O3. The molecule has 1 aromatic heterocycles. The smallest absolute Gasteiger partial charge is 0.407 e. The van der Waals surface area contributed by atoms with E-state index in [1.165, 1.54) is 0 Å². The van der Waals surface area contributed by atoms with E-state index in [1.54, 1.807) is 12.4 Å². The summed E-state index contributed by atoms with van der Waals surface area (Å²) in [5.41, 5.74) is 1.11. The summed E-state index contributed by atoms with van der Waals surface area (Å²) in [6.07, 6.45) is 4.64. The van der Waals surface area contributed by atoms with Gasteiger partial charge < -0.3 is 20.4 Å². The van der Waals surface area contributed by atoms with E-state index in [2.05, 4.69) is 15.6 Å². The molecule has 0 unspecified atom stereocenters. The van der Waals surface area contributed by atoms with E-state index in [4.69, 9.17) is 4.74 Å². The molecular weight excluding hydrogens is 282 g/mol. The lowest BCUT2D eigenvalue weighted by Gasteiger charge is -2.20. The summed E-state index contributed by atoms with van der Waals surface area (Å²) in [5.74, 6) is -0.0775. The van der Waals surface area contributed by atoms with Crippen LogP contribution in [0.15, 0.2) is 12.4 Å². The van der Waals surface area contributed by atoms with Gasteiger partial charge in [-0.15, -0.1) is 0 Å². The average Bonchev–Trinajstić information content (AvgIpc) is 2.79. The minimum absolute atomic E-state index is 0.0437. The van der Waals surface area contributed by atoms with Gasteiger partial charge in [0.25, 0.3) is 5.91 Å². The van der Waals surface area contributed by atoms with Crippen LogP contribution in [0.25, 0.3) is 0 Å². The molecule has 0 aromatic carbocycles. The number of ether oxygens (including phenoxy) is 1. The molecule has 0 aliphatic carbocycles. The number of alkyl carbamates (subject to hydrolysis) is 1. The van der Waals surface area contributed by atoms with E-state index in [-0.39, 0.29) is 11.9 Å². The van der Waals surface area contributed by atoms with Crippen molar-refractivity contribution in [3.05, 3.63) is 23.5 Å². The van der Waals surface area contributed by atoms with Crippen LogP contribution in [-0.4, -0.2) is 35.2 Å². The highest BCUT2D eigenvalue weighted by Crippen LogP contribution is 2.08. The van der Waals surface area contributed by atoms with E-state index in [0.717, 1.165) is 18.4 Å². The van der Waals surface area contributed by atoms with Gasteiger partial charge in [-0.25, -0.2) is 4.79 Å². The van der Waals surface area contributed by atoms with Crippen molar-refractivity contribution in [2.45, 2.75) is 59.1 Å². The lowest BCUT2D eigenvalue weighted by molar-refractivity contribution is 0.0526. The van der Waals surface area contributed by atoms with E-state index in [0.29, 0.717) is 12.1 Å². The molecule has 3 N–H and O–H groups in total. The zero-order valence-corrected chi connectivity index (χ0v) is 14.1. The van der Waals surface area contributed by atoms with Gasteiger partial charge in [-0.2, -0.15) is 0 Å². The number of rotatable bonds is 6. The van der Waals surface area contributed by atoms with Crippen LogP contribution in [0, 0.1) is 6.92 Å². The van der Waals surface area contributed by atoms with Gasteiger partial charge in [0.05, 0.1) is 5.56 Å². The fraction of sp³-hybridized carbons (Fsp3) is 0.625. The first-order valence-electron chi connectivity index (χ1n) is 7.60. The Bertz CT molecular complexity index is 503. The molecule has 22 heavy (non-hydrogen) atoms. The van der Waals surface area contributed by atoms with Crippen molar-refractivity contribution >= 4 is 12.0 Å². The number of nitrogens with one attached hydrogen (secondary N) is 3. The molecule has 0 saturated heterocycles. The molecule has 6 heteroatoms. The third kappa shape index (κ3) is 6.65. The number of aromatic nitrogens is 1. The monoisotopic (exact) mass is 309 g/mol. The first kappa shape index (κ1) is 18.1. The molecule has 124 valence electrons. The maximum Gasteiger partial charge on any atom is 0.407 e. The molecule has 0 bridgehead atoms. The van der Waals surface area contributed by atoms with Gasteiger partial charge in [0, 0.05) is 25.0 Å². The predicted octanol–water partition coefficient (Wildman–Crippen LogP) is 2.75. The Morgan fingerprint density at radius 3 is 2.55 bits per heavy atom. The fourth-order valence-corrected chi connectivity index (χ4v) is 1.97. The van der Waals surface area contributed by atoms with E-state index in [1.807, 2.05) is 34.6 Å². The van der Waals surface area contributed by atoms with Crippen LogP contribution in [0.5, 0.6) is 0 Å². The molecule has 0 aliphatic rings. The highest BCUT2D eigenvalue weighted by atomic mass is 16.6. The van der Waals surface area contributed by atoms with E-state index in [9.17, 15) is 9.59 Å². The molecule has 6 nitrogen and oxygen atoms in total. The Kier molecular flexibility index (Phi) is 6.46. The Morgan fingerprint density at radius 2 is 2.00 bits per heavy atom. The van der Waals surface area contributed by atoms with Gasteiger partial charge in [0.1, 0.15) is 5.60 Å². The number of hydrogen-bond acceptors (Lipinski definition) is 3. The summed E-state index contributed by atoms with van der Waals surface area (Å²) in [5, 5.41) is 5.65. The Labute approximate surface area is 132 Å². The predicted molar refractivity (Wildman–Crippen MR) is 85.9 cm³/mol. The molecule has 1 rings (SSSR count). The zero-order valence-electron chi connectivity index (χ0n) is 14.1. The van der Waals surface area contributed by atoms with Crippen LogP contribution in [0.3, 0.4) is 0 Å². The molecule has 0 saturated carbocycles. The van der Waals surface area contributed by atoms with Crippen molar-refractivity contribution in [1.29, 1.82) is 0 Å². The molecule has 0 fully saturated rings. The molecule has 1 atom stereocenters. The van der Waals surface area contributed by atoms with Gasteiger partial charge in [0.15, 0.2) is 0 Å². The largest absolute Gasteiger partial charge is 0.444 e. The van der Waals surface area contributed by atoms with Crippen LogP contribution < -0.4 is 10.6 Å². The van der Waals surface area contributed by atoms with Crippen LogP contribution in [0.4, 0.5) is 4.79 Å². The van der Waals surface area contributed by atoms with Crippen molar-refractivity contribution in [1.82, 2.24) is 15.6 Å². The van der Waals surface area contributed by atoms with E-state index >= 15 is 0 Å². The van der Waals surface area contributed by atoms with Gasteiger partial charge in [-0.3, -0.25) is 4.79 Å². The van der Waals surface area contributed by atoms with Crippen LogP contribution in [0.2, 0.25) is 0 Å². The lowest BCUT2D eigenvalue weighted by atomic mass is 10.1. The number of aryl methyl sites for hydroxylation is 1. The van der Waals surface area contributed by atoms with Crippen molar-refractivity contribution in [2.24, 2.45) is 0 Å². The van der Waals surface area contributed by atoms with Crippen LogP contribution in [-0.2, 0) is 4.74 Å². The number of aromatic amines is 1. The summed E-state index contributed by atoms with van der Waals surface area (Å²) in [6, 6.07) is 0.0437. The normalized spacial score (nSPS) is 12.6. The SMILES string of the molecule is Cc1c[nH]cc1C(=O)N[C@H](C)CCCNC(=O)OC(C)(C)C. The summed E-state index contributed by atoms with van der Waals surface area (Å²) >= 11 is 0. The molecule has 1 aromatic rings. The second kappa shape index (κ2) is 7.87. The minimum atomic E-state index is -0.486. The topological polar surface area (TPSA) is 83.2 Å². The maximum absolute atomic E-state index is 12.0. The summed E-state index contributed by atoms with van der Waals surface area (Å²) in [7, 11) is 0. The molecule has 2 amide bonds. The Balaban J connectivity index is 2.21. The maximum atomic E-state index is 12.0. The second-order valence-corrected chi connectivity index (χ2v) is 6.50. The number of carbonyl (C=O) groups is 2. The van der Waals surface area contributed by atoms with Gasteiger partial charge in [-0.1, -0.05) is 0 Å². The average molecular weight is 309 g/mol. The Hall–Kier alpha value is -1.98. The number of amides is 2. The Morgan fingerprint density at radius 1 is 1.32 bits per heavy atom. The summed E-state index contributed by atoms with van der Waals surface area (Å²) in [4.78, 5) is 26.4. The first-order valence-corrected chi connectivity index (χ1v) is 7.60. The second-order valence-electron chi connectivity index (χ2n) is 6.50. The highest BCUT2D eigenvalue weighted by molar-refractivity contribution is 5.95. The zero-order chi connectivity index (χ0) is 16.8. The third-order valence-electron chi connectivity index (χ3n) is 3.06. The summed E-state index contributed by atoms with van der Waals surface area (Å²) < 4.78 is 5.15. The summed E-state index contributed by atoms with van der Waals surface area (Å²) in [6.45, 7) is 9.85. The van der Waals surface area contributed by atoms with Crippen molar-refractivity contribution < 1.29 is 14.3 Å². The van der Waals surface area contributed by atoms with Crippen molar-refractivity contribution in [3.63, 3.8) is 0 Å². The van der Waals surface area contributed by atoms with Gasteiger partial charge >= 0.3 is 6.09 Å². The number of carbonyl (C=O) groups excluding carboxylic acids is 2. The highest BCUT2D eigenvalue weighted by Gasteiger charge is 2.16. The van der Waals surface area contributed by atoms with Gasteiger partial charge in [-0.05, 0) is 53.0 Å².